The lowest BCUT2D eigenvalue weighted by atomic mass is 10.1. The summed E-state index contributed by atoms with van der Waals surface area (Å²) in [5.41, 5.74) is 0.847. The highest BCUT2D eigenvalue weighted by atomic mass is 16.5. The first kappa shape index (κ1) is 14.2. The third-order valence-electron chi connectivity index (χ3n) is 2.09. The summed E-state index contributed by atoms with van der Waals surface area (Å²) in [5, 5.41) is 8.59. The van der Waals surface area contributed by atoms with E-state index in [0.29, 0.717) is 17.9 Å². The van der Waals surface area contributed by atoms with Crippen LogP contribution in [0.5, 0.6) is 11.5 Å². The Balaban J connectivity index is 0.00000225. The second kappa shape index (κ2) is 6.68. The number of methoxy groups -OCH3 is 2. The molecule has 0 fully saturated rings. The summed E-state index contributed by atoms with van der Waals surface area (Å²) in [5.74, 6) is 0.418. The second-order valence-electron chi connectivity index (χ2n) is 3.05. The molecule has 0 aromatic heterocycles. The van der Waals surface area contributed by atoms with Gasteiger partial charge in [-0.15, -0.1) is 0 Å². The first-order chi connectivity index (χ1) is 7.19. The van der Waals surface area contributed by atoms with E-state index < -0.39 is 5.97 Å². The molecule has 1 rings (SSSR count). The summed E-state index contributed by atoms with van der Waals surface area (Å²) in [6.45, 7) is 0. The van der Waals surface area contributed by atoms with Crippen molar-refractivity contribution < 1.29 is 19.4 Å². The van der Waals surface area contributed by atoms with Crippen molar-refractivity contribution in [3.05, 3.63) is 23.8 Å². The molecule has 5 heteroatoms. The Kier molecular flexibility index (Phi) is 5.95. The smallest absolute Gasteiger partial charge is 0.303 e. The van der Waals surface area contributed by atoms with Gasteiger partial charge in [0.1, 0.15) is 0 Å². The fraction of sp³-hybridized carbons (Fsp3) is 0.364. The number of benzene rings is 1. The van der Waals surface area contributed by atoms with Crippen molar-refractivity contribution in [3.63, 3.8) is 0 Å². The Morgan fingerprint density at radius 1 is 1.31 bits per heavy atom. The molecule has 0 bridgehead atoms. The van der Waals surface area contributed by atoms with Gasteiger partial charge in [-0.3, -0.25) is 4.79 Å². The maximum atomic E-state index is 10.5. The first-order valence-electron chi connectivity index (χ1n) is 4.60. The fourth-order valence-electron chi connectivity index (χ4n) is 1.39. The van der Waals surface area contributed by atoms with E-state index >= 15 is 0 Å². The van der Waals surface area contributed by atoms with Gasteiger partial charge in [-0.1, -0.05) is 12.1 Å². The lowest BCUT2D eigenvalue weighted by Crippen LogP contribution is -2.00. The standard InChI is InChI=1S/C11H14O4.H3N/c1-14-9-5-3-4-8(11(9)15-2)6-7-10(12)13;/h3-5H,6-7H2,1-2H3,(H,12,13);1H3. The second-order valence-corrected chi connectivity index (χ2v) is 3.05. The summed E-state index contributed by atoms with van der Waals surface area (Å²) in [7, 11) is 3.10. The molecule has 0 radical (unpaired) electrons. The number of ether oxygens (including phenoxy) is 2. The fourth-order valence-corrected chi connectivity index (χ4v) is 1.39. The van der Waals surface area contributed by atoms with Crippen LogP contribution in [0.3, 0.4) is 0 Å². The van der Waals surface area contributed by atoms with Gasteiger partial charge in [-0.25, -0.2) is 0 Å². The SMILES string of the molecule is COc1cccc(CCC(=O)O)c1OC.N. The van der Waals surface area contributed by atoms with E-state index in [1.165, 1.54) is 0 Å². The minimum Gasteiger partial charge on any atom is -0.493 e. The molecule has 16 heavy (non-hydrogen) atoms. The Labute approximate surface area is 94.6 Å². The van der Waals surface area contributed by atoms with Crippen LogP contribution >= 0.6 is 0 Å². The largest absolute Gasteiger partial charge is 0.493 e. The van der Waals surface area contributed by atoms with E-state index in [9.17, 15) is 4.79 Å². The Hall–Kier alpha value is -1.75. The maximum absolute atomic E-state index is 10.5. The average Bonchev–Trinajstić information content (AvgIpc) is 2.25. The normalized spacial score (nSPS) is 9.12. The van der Waals surface area contributed by atoms with Gasteiger partial charge in [0, 0.05) is 6.42 Å². The van der Waals surface area contributed by atoms with Crippen molar-refractivity contribution in [2.75, 3.05) is 14.2 Å². The zero-order chi connectivity index (χ0) is 11.3. The number of hydrogen-bond acceptors (Lipinski definition) is 4. The molecule has 1 aromatic rings. The quantitative estimate of drug-likeness (QED) is 0.801. The summed E-state index contributed by atoms with van der Waals surface area (Å²) < 4.78 is 10.3. The minimum atomic E-state index is -0.820. The average molecular weight is 227 g/mol. The molecule has 0 heterocycles. The number of carboxylic acids is 1. The summed E-state index contributed by atoms with van der Waals surface area (Å²) in [6, 6.07) is 5.44. The van der Waals surface area contributed by atoms with Gasteiger partial charge in [0.15, 0.2) is 11.5 Å². The van der Waals surface area contributed by atoms with Crippen LogP contribution in [0.4, 0.5) is 0 Å². The van der Waals surface area contributed by atoms with Gasteiger partial charge in [0.05, 0.1) is 14.2 Å². The summed E-state index contributed by atoms with van der Waals surface area (Å²) >= 11 is 0. The van der Waals surface area contributed by atoms with Crippen LogP contribution in [0, 0.1) is 0 Å². The topological polar surface area (TPSA) is 90.8 Å². The molecular weight excluding hydrogens is 210 g/mol. The lowest BCUT2D eigenvalue weighted by Gasteiger charge is -2.11. The lowest BCUT2D eigenvalue weighted by molar-refractivity contribution is -0.136. The van der Waals surface area contributed by atoms with Crippen molar-refractivity contribution in [3.8, 4) is 11.5 Å². The van der Waals surface area contributed by atoms with Gasteiger partial charge in [-0.2, -0.15) is 0 Å². The number of carboxylic acid groups (broad SMARTS) is 1. The third-order valence-corrected chi connectivity index (χ3v) is 2.09. The van der Waals surface area contributed by atoms with Crippen molar-refractivity contribution in [1.29, 1.82) is 0 Å². The molecule has 0 atom stereocenters. The highest BCUT2D eigenvalue weighted by Crippen LogP contribution is 2.31. The van der Waals surface area contributed by atoms with Crippen LogP contribution < -0.4 is 15.6 Å². The van der Waals surface area contributed by atoms with Gasteiger partial charge >= 0.3 is 5.97 Å². The first-order valence-corrected chi connectivity index (χ1v) is 4.60. The van der Waals surface area contributed by atoms with E-state index in [0.717, 1.165) is 5.56 Å². The summed E-state index contributed by atoms with van der Waals surface area (Å²) in [6.07, 6.45) is 0.527. The van der Waals surface area contributed by atoms with Crippen molar-refractivity contribution >= 4 is 5.97 Å². The minimum absolute atomic E-state index is 0. The molecular formula is C11H17NO4. The number of aryl methyl sites for hydroxylation is 1. The van der Waals surface area contributed by atoms with Crippen LogP contribution in [0.25, 0.3) is 0 Å². The van der Waals surface area contributed by atoms with Crippen molar-refractivity contribution in [2.24, 2.45) is 0 Å². The molecule has 1 aromatic carbocycles. The zero-order valence-electron chi connectivity index (χ0n) is 9.53. The van der Waals surface area contributed by atoms with Crippen molar-refractivity contribution in [1.82, 2.24) is 6.15 Å². The van der Waals surface area contributed by atoms with E-state index in [4.69, 9.17) is 14.6 Å². The predicted octanol–water partition coefficient (Wildman–Crippen LogP) is 1.88. The number of para-hydroxylation sites is 1. The van der Waals surface area contributed by atoms with Crippen LogP contribution in [0.2, 0.25) is 0 Å². The number of rotatable bonds is 5. The van der Waals surface area contributed by atoms with E-state index in [1.54, 1.807) is 20.3 Å². The highest BCUT2D eigenvalue weighted by molar-refractivity contribution is 5.67. The Morgan fingerprint density at radius 3 is 2.50 bits per heavy atom. The van der Waals surface area contributed by atoms with E-state index in [2.05, 4.69) is 0 Å². The molecule has 0 spiro atoms. The van der Waals surface area contributed by atoms with Gasteiger partial charge in [0.25, 0.3) is 0 Å². The molecule has 0 saturated carbocycles. The van der Waals surface area contributed by atoms with Gasteiger partial charge < -0.3 is 20.7 Å². The van der Waals surface area contributed by atoms with Gasteiger partial charge in [-0.05, 0) is 18.1 Å². The maximum Gasteiger partial charge on any atom is 0.303 e. The predicted molar refractivity (Wildman–Crippen MR) is 60.5 cm³/mol. The molecule has 4 N–H and O–H groups in total. The third kappa shape index (κ3) is 3.43. The van der Waals surface area contributed by atoms with Crippen LogP contribution in [0.15, 0.2) is 18.2 Å². The van der Waals surface area contributed by atoms with E-state index in [1.807, 2.05) is 12.1 Å². The number of carbonyl (C=O) groups is 1. The molecule has 0 aliphatic rings. The van der Waals surface area contributed by atoms with Crippen molar-refractivity contribution in [2.45, 2.75) is 12.8 Å². The monoisotopic (exact) mass is 227 g/mol. The van der Waals surface area contributed by atoms with Gasteiger partial charge in [0.2, 0.25) is 0 Å². The number of hydrogen-bond donors (Lipinski definition) is 2. The Morgan fingerprint density at radius 2 is 2.00 bits per heavy atom. The molecule has 0 aliphatic carbocycles. The van der Waals surface area contributed by atoms with Crippen LogP contribution in [0.1, 0.15) is 12.0 Å². The van der Waals surface area contributed by atoms with Crippen LogP contribution in [-0.4, -0.2) is 25.3 Å². The van der Waals surface area contributed by atoms with E-state index in [-0.39, 0.29) is 12.6 Å². The molecule has 0 saturated heterocycles. The highest BCUT2D eigenvalue weighted by Gasteiger charge is 2.10. The number of aliphatic carboxylic acids is 1. The zero-order valence-corrected chi connectivity index (χ0v) is 9.53. The Bertz CT molecular complexity index is 352. The molecule has 0 unspecified atom stereocenters. The molecule has 90 valence electrons. The summed E-state index contributed by atoms with van der Waals surface area (Å²) in [4.78, 5) is 10.5. The van der Waals surface area contributed by atoms with Crippen LogP contribution in [-0.2, 0) is 11.2 Å². The molecule has 5 nitrogen and oxygen atoms in total. The molecule has 0 amide bonds. The molecule has 0 aliphatic heterocycles.